The molecule has 1 amide bonds. The second-order valence-corrected chi connectivity index (χ2v) is 8.67. The highest BCUT2D eigenvalue weighted by Gasteiger charge is 2.40. The predicted octanol–water partition coefficient (Wildman–Crippen LogP) is 4.40. The molecule has 1 unspecified atom stereocenters. The van der Waals surface area contributed by atoms with Gasteiger partial charge in [0.25, 0.3) is 0 Å². The zero-order valence-corrected chi connectivity index (χ0v) is 18.8. The van der Waals surface area contributed by atoms with E-state index in [1.165, 1.54) is 19.9 Å². The summed E-state index contributed by atoms with van der Waals surface area (Å²) in [6.07, 6.45) is -12.7. The van der Waals surface area contributed by atoms with Crippen molar-refractivity contribution in [2.45, 2.75) is 45.8 Å². The van der Waals surface area contributed by atoms with E-state index in [0.717, 1.165) is 24.0 Å². The lowest BCUT2D eigenvalue weighted by Gasteiger charge is -2.34. The van der Waals surface area contributed by atoms with Crippen LogP contribution < -0.4 is 4.74 Å². The van der Waals surface area contributed by atoms with E-state index in [0.29, 0.717) is 0 Å². The summed E-state index contributed by atoms with van der Waals surface area (Å²) in [5, 5.41) is 9.16. The molecule has 1 aromatic carbocycles. The van der Waals surface area contributed by atoms with Crippen LogP contribution in [0.25, 0.3) is 0 Å². The summed E-state index contributed by atoms with van der Waals surface area (Å²) < 4.78 is 87.5. The van der Waals surface area contributed by atoms with Crippen molar-refractivity contribution in [3.05, 3.63) is 29.3 Å². The van der Waals surface area contributed by atoms with Gasteiger partial charge in [0.05, 0.1) is 11.0 Å². The number of benzene rings is 1. The number of nitrogens with zero attached hydrogens (tertiary/aromatic N) is 2. The quantitative estimate of drug-likeness (QED) is 0.560. The summed E-state index contributed by atoms with van der Waals surface area (Å²) in [7, 11) is 0. The lowest BCUT2D eigenvalue weighted by Crippen LogP contribution is -2.49. The molecule has 1 atom stereocenters. The molecular weight excluding hydrogens is 474 g/mol. The molecule has 2 rings (SSSR count). The van der Waals surface area contributed by atoms with Gasteiger partial charge in [-0.2, -0.15) is 26.3 Å². The van der Waals surface area contributed by atoms with Crippen LogP contribution in [0.2, 0.25) is 0 Å². The van der Waals surface area contributed by atoms with E-state index < -0.39 is 41.5 Å². The third kappa shape index (κ3) is 7.67. The summed E-state index contributed by atoms with van der Waals surface area (Å²) in [4.78, 5) is 26.0. The first kappa shape index (κ1) is 27.5. The molecule has 1 aromatic rings. The van der Waals surface area contributed by atoms with Gasteiger partial charge in [-0.05, 0) is 44.5 Å². The number of rotatable bonds is 7. The maximum Gasteiger partial charge on any atom is 0.425 e. The highest BCUT2D eigenvalue weighted by atomic mass is 19.4. The Morgan fingerprint density at radius 2 is 1.62 bits per heavy atom. The lowest BCUT2D eigenvalue weighted by atomic mass is 9.95. The number of carboxylic acid groups (broad SMARTS) is 1. The van der Waals surface area contributed by atoms with Gasteiger partial charge in [0.15, 0.2) is 6.10 Å². The second kappa shape index (κ2) is 10.3. The SMILES string of the molecule is CC(OC(=O)N1CCN(Cc2cc(OCC(C)(C)C(=O)O)cc(C(F)(F)F)c2)CC1)C(F)(F)F. The Hall–Kier alpha value is -2.70. The van der Waals surface area contributed by atoms with Gasteiger partial charge in [-0.25, -0.2) is 4.79 Å². The number of ether oxygens (including phenoxy) is 2. The third-order valence-electron chi connectivity index (χ3n) is 5.25. The number of amides is 1. The molecular formula is C21H26F6N2O5. The fourth-order valence-electron chi connectivity index (χ4n) is 2.96. The molecule has 34 heavy (non-hydrogen) atoms. The zero-order valence-electron chi connectivity index (χ0n) is 18.8. The highest BCUT2D eigenvalue weighted by Crippen LogP contribution is 2.34. The number of aliphatic carboxylic acids is 1. The Bertz CT molecular complexity index is 879. The van der Waals surface area contributed by atoms with Crippen molar-refractivity contribution in [2.75, 3.05) is 32.8 Å². The molecule has 1 aliphatic rings. The smallest absolute Gasteiger partial charge is 0.425 e. The summed E-state index contributed by atoms with van der Waals surface area (Å²) in [5.41, 5.74) is -2.03. The van der Waals surface area contributed by atoms with Crippen LogP contribution in [0, 0.1) is 5.41 Å². The monoisotopic (exact) mass is 500 g/mol. The van der Waals surface area contributed by atoms with Crippen molar-refractivity contribution < 1.29 is 50.5 Å². The van der Waals surface area contributed by atoms with Crippen LogP contribution in [-0.4, -0.2) is 72.0 Å². The Kier molecular flexibility index (Phi) is 8.33. The highest BCUT2D eigenvalue weighted by molar-refractivity contribution is 5.73. The molecule has 1 fully saturated rings. The standard InChI is InChI=1S/C21H26F6N2O5/c1-13(20(22,23)24)34-18(32)29-6-4-28(5-7-29)11-14-8-15(21(25,26)27)10-16(9-14)33-12-19(2,3)17(30)31/h8-10,13H,4-7,11-12H2,1-3H3,(H,30,31). The summed E-state index contributed by atoms with van der Waals surface area (Å²) in [6, 6.07) is 3.11. The topological polar surface area (TPSA) is 79.3 Å². The lowest BCUT2D eigenvalue weighted by molar-refractivity contribution is -0.200. The van der Waals surface area contributed by atoms with Gasteiger partial charge in [-0.3, -0.25) is 9.69 Å². The maximum atomic E-state index is 13.4. The normalized spacial score (nSPS) is 16.8. The van der Waals surface area contributed by atoms with Crippen LogP contribution in [0.5, 0.6) is 5.75 Å². The fraction of sp³-hybridized carbons (Fsp3) is 0.619. The van der Waals surface area contributed by atoms with Crippen LogP contribution in [0.3, 0.4) is 0 Å². The van der Waals surface area contributed by atoms with E-state index in [2.05, 4.69) is 4.74 Å². The van der Waals surface area contributed by atoms with E-state index in [-0.39, 0.29) is 50.6 Å². The largest absolute Gasteiger partial charge is 0.492 e. The molecule has 0 aliphatic carbocycles. The van der Waals surface area contributed by atoms with E-state index in [1.807, 2.05) is 0 Å². The first-order valence-electron chi connectivity index (χ1n) is 10.3. The number of alkyl halides is 6. The Morgan fingerprint density at radius 1 is 1.03 bits per heavy atom. The maximum absolute atomic E-state index is 13.4. The van der Waals surface area contributed by atoms with Crippen molar-refractivity contribution >= 4 is 12.1 Å². The zero-order chi connectivity index (χ0) is 25.9. The molecule has 0 bridgehead atoms. The fourth-order valence-corrected chi connectivity index (χ4v) is 2.96. The van der Waals surface area contributed by atoms with Crippen molar-refractivity contribution in [3.63, 3.8) is 0 Å². The van der Waals surface area contributed by atoms with Crippen LogP contribution in [-0.2, 0) is 22.3 Å². The van der Waals surface area contributed by atoms with Gasteiger partial charge < -0.3 is 19.5 Å². The average Bonchev–Trinajstić information content (AvgIpc) is 2.71. The van der Waals surface area contributed by atoms with Crippen LogP contribution >= 0.6 is 0 Å². The number of carboxylic acids is 1. The van der Waals surface area contributed by atoms with E-state index in [1.54, 1.807) is 4.90 Å². The molecule has 192 valence electrons. The summed E-state index contributed by atoms with van der Waals surface area (Å²) in [5.74, 6) is -1.30. The van der Waals surface area contributed by atoms with Crippen molar-refractivity contribution in [1.29, 1.82) is 0 Å². The number of hydrogen-bond donors (Lipinski definition) is 1. The minimum atomic E-state index is -4.68. The molecule has 1 N–H and O–H groups in total. The molecule has 1 saturated heterocycles. The van der Waals surface area contributed by atoms with Crippen LogP contribution in [0.4, 0.5) is 31.1 Å². The van der Waals surface area contributed by atoms with Gasteiger partial charge in [-0.1, -0.05) is 0 Å². The van der Waals surface area contributed by atoms with E-state index in [4.69, 9.17) is 9.84 Å². The molecule has 7 nitrogen and oxygen atoms in total. The van der Waals surface area contributed by atoms with Gasteiger partial charge in [0.1, 0.15) is 12.4 Å². The van der Waals surface area contributed by atoms with Gasteiger partial charge in [0.2, 0.25) is 0 Å². The van der Waals surface area contributed by atoms with Crippen molar-refractivity contribution in [1.82, 2.24) is 9.80 Å². The molecule has 0 spiro atoms. The van der Waals surface area contributed by atoms with Crippen LogP contribution in [0.1, 0.15) is 31.9 Å². The van der Waals surface area contributed by atoms with Gasteiger partial charge in [0, 0.05) is 32.7 Å². The molecule has 0 radical (unpaired) electrons. The Balaban J connectivity index is 2.05. The number of carbonyl (C=O) groups is 2. The number of carbonyl (C=O) groups excluding carboxylic acids is 1. The molecule has 13 heteroatoms. The first-order chi connectivity index (χ1) is 15.5. The minimum absolute atomic E-state index is 0.0402. The minimum Gasteiger partial charge on any atom is -0.492 e. The predicted molar refractivity (Wildman–Crippen MR) is 107 cm³/mol. The molecule has 0 saturated carbocycles. The average molecular weight is 500 g/mol. The Labute approximate surface area is 192 Å². The third-order valence-corrected chi connectivity index (χ3v) is 5.25. The van der Waals surface area contributed by atoms with Gasteiger partial charge in [-0.15, -0.1) is 0 Å². The first-order valence-corrected chi connectivity index (χ1v) is 10.3. The van der Waals surface area contributed by atoms with Gasteiger partial charge >= 0.3 is 24.4 Å². The molecule has 0 aromatic heterocycles. The van der Waals surface area contributed by atoms with Crippen LogP contribution in [0.15, 0.2) is 18.2 Å². The number of piperazine rings is 1. The summed E-state index contributed by atoms with van der Waals surface area (Å²) >= 11 is 0. The van der Waals surface area contributed by atoms with Crippen molar-refractivity contribution in [3.8, 4) is 5.75 Å². The van der Waals surface area contributed by atoms with Crippen molar-refractivity contribution in [2.24, 2.45) is 5.41 Å². The molecule has 1 heterocycles. The number of halogens is 6. The second-order valence-electron chi connectivity index (χ2n) is 8.67. The van der Waals surface area contributed by atoms with E-state index >= 15 is 0 Å². The Morgan fingerprint density at radius 3 is 2.12 bits per heavy atom. The molecule has 1 aliphatic heterocycles. The van der Waals surface area contributed by atoms with E-state index in [9.17, 15) is 35.9 Å². The summed E-state index contributed by atoms with van der Waals surface area (Å²) in [6.45, 7) is 3.68. The number of hydrogen-bond acceptors (Lipinski definition) is 5.